The van der Waals surface area contributed by atoms with Crippen LogP contribution in [0.15, 0.2) is 34.4 Å². The molecule has 2 unspecified atom stereocenters. The van der Waals surface area contributed by atoms with Gasteiger partial charge in [-0.15, -0.1) is 12.8 Å². The molecule has 0 bridgehead atoms. The molecule has 102 valence electrons. The molecule has 0 amide bonds. The molecule has 2 aliphatic rings. The van der Waals surface area contributed by atoms with E-state index in [9.17, 15) is 0 Å². The summed E-state index contributed by atoms with van der Waals surface area (Å²) < 4.78 is 0. The van der Waals surface area contributed by atoms with E-state index in [0.29, 0.717) is 11.8 Å². The van der Waals surface area contributed by atoms with E-state index in [-0.39, 0.29) is 46.5 Å². The molecule has 0 heterocycles. The first-order valence-corrected chi connectivity index (χ1v) is 6.18. The molecular weight excluding hydrogens is 311 g/mol. The molecule has 0 fully saturated rings. The molecule has 2 atom stereocenters. The van der Waals surface area contributed by atoms with Crippen LogP contribution in [-0.4, -0.2) is 0 Å². The van der Waals surface area contributed by atoms with Crippen molar-refractivity contribution in [1.82, 2.24) is 0 Å². The predicted octanol–water partition coefficient (Wildman–Crippen LogP) is -1.58. The fourth-order valence-corrected chi connectivity index (χ4v) is 2.62. The summed E-state index contributed by atoms with van der Waals surface area (Å²) in [6.07, 6.45) is 13.9. The summed E-state index contributed by atoms with van der Waals surface area (Å²) in [6.45, 7) is 8.75. The molecule has 0 saturated heterocycles. The van der Waals surface area contributed by atoms with Crippen LogP contribution < -0.4 is 24.8 Å². The fourth-order valence-electron chi connectivity index (χ4n) is 2.62. The molecule has 0 aromatic heterocycles. The van der Waals surface area contributed by atoms with Gasteiger partial charge in [0.05, 0.1) is 0 Å². The van der Waals surface area contributed by atoms with Gasteiger partial charge in [-0.2, -0.15) is 23.3 Å². The fraction of sp³-hybridized carbons (Fsp3) is 0.500. The molecule has 0 saturated carbocycles. The number of rotatable bonds is 3. The Hall–Kier alpha value is 0.254. The number of allylic oxidation sites excluding steroid dienone is 8. The van der Waals surface area contributed by atoms with E-state index in [1.807, 2.05) is 0 Å². The summed E-state index contributed by atoms with van der Waals surface area (Å²) in [7, 11) is 0. The van der Waals surface area contributed by atoms with Crippen LogP contribution in [-0.2, 0) is 21.7 Å². The van der Waals surface area contributed by atoms with Gasteiger partial charge in [-0.05, 0) is 0 Å². The van der Waals surface area contributed by atoms with Crippen LogP contribution >= 0.6 is 0 Å². The Balaban J connectivity index is 0. The normalized spacial score (nSPS) is 24.2. The van der Waals surface area contributed by atoms with Crippen molar-refractivity contribution in [3.05, 3.63) is 46.6 Å². The number of hydrogen-bond donors (Lipinski definition) is 0. The predicted molar refractivity (Wildman–Crippen MR) is 68.6 cm³/mol. The molecule has 0 N–H and O–H groups in total. The molecule has 3 heteroatoms. The SMILES string of the molecule is CC1=[C-]C(C)C=C1CCC1=CC(C)[C-]=C1C.[Cl-].[Cl-].[Ti+4]. The summed E-state index contributed by atoms with van der Waals surface area (Å²) in [4.78, 5) is 0. The Morgan fingerprint density at radius 1 is 0.842 bits per heavy atom. The summed E-state index contributed by atoms with van der Waals surface area (Å²) in [5.41, 5.74) is 5.68. The minimum absolute atomic E-state index is 0. The topological polar surface area (TPSA) is 0 Å². The van der Waals surface area contributed by atoms with E-state index in [1.165, 1.54) is 22.3 Å². The smallest absolute Gasteiger partial charge is 1.00 e. The second-order valence-corrected chi connectivity index (χ2v) is 5.00. The molecular formula is C16H20Cl2Ti. The van der Waals surface area contributed by atoms with Crippen molar-refractivity contribution in [2.24, 2.45) is 11.8 Å². The van der Waals surface area contributed by atoms with Crippen LogP contribution in [0.2, 0.25) is 0 Å². The van der Waals surface area contributed by atoms with Gasteiger partial charge < -0.3 is 24.8 Å². The van der Waals surface area contributed by atoms with Crippen LogP contribution in [0.1, 0.15) is 40.5 Å². The Labute approximate surface area is 145 Å². The third-order valence-corrected chi connectivity index (χ3v) is 3.42. The van der Waals surface area contributed by atoms with Crippen molar-refractivity contribution in [3.8, 4) is 0 Å². The molecule has 0 nitrogen and oxygen atoms in total. The van der Waals surface area contributed by atoms with Gasteiger partial charge in [-0.3, -0.25) is 12.2 Å². The van der Waals surface area contributed by atoms with E-state index >= 15 is 0 Å². The average Bonchev–Trinajstić information content (AvgIpc) is 2.66. The standard InChI is InChI=1S/C16H20.2ClH.Ti/c1-11-7-13(3)15(9-11)5-6-16-10-12(2)8-14(16)4;;;/h9-12H,5-6H2,1-4H3;2*1H;/q-2;;;+4/p-2. The number of hydrogen-bond acceptors (Lipinski definition) is 0. The molecule has 0 spiro atoms. The zero-order chi connectivity index (χ0) is 11.7. The zero-order valence-corrected chi connectivity index (χ0v) is 15.1. The van der Waals surface area contributed by atoms with Gasteiger partial charge in [-0.1, -0.05) is 39.5 Å². The monoisotopic (exact) mass is 330 g/mol. The summed E-state index contributed by atoms with van der Waals surface area (Å²) in [5, 5.41) is 0. The summed E-state index contributed by atoms with van der Waals surface area (Å²) >= 11 is 0. The van der Waals surface area contributed by atoms with Gasteiger partial charge in [0.15, 0.2) is 0 Å². The van der Waals surface area contributed by atoms with Crippen molar-refractivity contribution in [2.75, 3.05) is 0 Å². The molecule has 0 aromatic rings. The first-order chi connectivity index (χ1) is 7.56. The molecule has 2 rings (SSSR count). The van der Waals surface area contributed by atoms with Crippen LogP contribution in [0.3, 0.4) is 0 Å². The first-order valence-electron chi connectivity index (χ1n) is 6.18. The van der Waals surface area contributed by atoms with Crippen LogP contribution in [0.5, 0.6) is 0 Å². The summed E-state index contributed by atoms with van der Waals surface area (Å²) in [6, 6.07) is 0. The maximum atomic E-state index is 3.44. The van der Waals surface area contributed by atoms with Crippen molar-refractivity contribution in [3.63, 3.8) is 0 Å². The summed E-state index contributed by atoms with van der Waals surface area (Å²) in [5.74, 6) is 1.02. The molecule has 0 radical (unpaired) electrons. The Morgan fingerprint density at radius 2 is 1.16 bits per heavy atom. The third-order valence-electron chi connectivity index (χ3n) is 3.42. The van der Waals surface area contributed by atoms with Crippen molar-refractivity contribution >= 4 is 0 Å². The van der Waals surface area contributed by atoms with Gasteiger partial charge in [0.1, 0.15) is 0 Å². The van der Waals surface area contributed by atoms with Crippen LogP contribution in [0, 0.1) is 24.0 Å². The van der Waals surface area contributed by atoms with Gasteiger partial charge >= 0.3 is 21.7 Å². The second-order valence-electron chi connectivity index (χ2n) is 5.00. The Morgan fingerprint density at radius 3 is 1.37 bits per heavy atom. The minimum atomic E-state index is 0. The maximum Gasteiger partial charge on any atom is 4.00 e. The first kappa shape index (κ1) is 21.6. The zero-order valence-electron chi connectivity index (χ0n) is 12.0. The molecule has 19 heavy (non-hydrogen) atoms. The van der Waals surface area contributed by atoms with Crippen molar-refractivity contribution < 1.29 is 46.5 Å². The Kier molecular flexibility index (Phi) is 10.5. The van der Waals surface area contributed by atoms with E-state index in [4.69, 9.17) is 0 Å². The molecule has 2 aliphatic carbocycles. The van der Waals surface area contributed by atoms with E-state index in [1.54, 1.807) is 0 Å². The van der Waals surface area contributed by atoms with Crippen molar-refractivity contribution in [1.29, 1.82) is 0 Å². The van der Waals surface area contributed by atoms with Gasteiger partial charge in [-0.25, -0.2) is 11.1 Å². The minimum Gasteiger partial charge on any atom is -1.00 e. The average molecular weight is 331 g/mol. The maximum absolute atomic E-state index is 3.44. The molecule has 0 aliphatic heterocycles. The van der Waals surface area contributed by atoms with Crippen molar-refractivity contribution in [2.45, 2.75) is 40.5 Å². The Bertz CT molecular complexity index is 376. The van der Waals surface area contributed by atoms with Gasteiger partial charge in [0.2, 0.25) is 0 Å². The van der Waals surface area contributed by atoms with E-state index < -0.39 is 0 Å². The largest absolute Gasteiger partial charge is 4.00 e. The van der Waals surface area contributed by atoms with Crippen LogP contribution in [0.25, 0.3) is 0 Å². The second kappa shape index (κ2) is 9.24. The van der Waals surface area contributed by atoms with E-state index in [0.717, 1.165) is 12.8 Å². The number of halogens is 2. The third kappa shape index (κ3) is 5.64. The van der Waals surface area contributed by atoms with Crippen LogP contribution in [0.4, 0.5) is 0 Å². The molecule has 0 aromatic carbocycles. The van der Waals surface area contributed by atoms with E-state index in [2.05, 4.69) is 52.0 Å². The van der Waals surface area contributed by atoms with Gasteiger partial charge in [0.25, 0.3) is 0 Å². The van der Waals surface area contributed by atoms with Gasteiger partial charge in [0, 0.05) is 0 Å². The quantitative estimate of drug-likeness (QED) is 0.433.